The van der Waals surface area contributed by atoms with Crippen molar-refractivity contribution < 1.29 is 0 Å². The summed E-state index contributed by atoms with van der Waals surface area (Å²) in [6.45, 7) is 13.5. The summed E-state index contributed by atoms with van der Waals surface area (Å²) in [4.78, 5) is 2.30. The molecule has 0 radical (unpaired) electrons. The van der Waals surface area contributed by atoms with E-state index in [1.54, 1.807) is 0 Å². The van der Waals surface area contributed by atoms with E-state index in [-0.39, 0.29) is 10.8 Å². The molecule has 0 bridgehead atoms. The second-order valence-corrected chi connectivity index (χ2v) is 13.3. The molecule has 43 heavy (non-hydrogen) atoms. The average Bonchev–Trinajstić information content (AvgIpc) is 3.00. The standard InChI is InChI=1S/C42H43N/c1-41(2,3)36-24-16-32(17-25-36)12-14-34-20-28-39(29-21-34)43(38-10-8-7-9-11-38)40-30-22-35(23-31-40)15-13-33-18-26-37(27-19-33)42(4,5)6/h7-31H,1-6H3/b14-12+,15-13?. The zero-order valence-corrected chi connectivity index (χ0v) is 26.4. The summed E-state index contributed by atoms with van der Waals surface area (Å²) in [5, 5.41) is 0. The minimum absolute atomic E-state index is 0.165. The van der Waals surface area contributed by atoms with Crippen molar-refractivity contribution in [2.75, 3.05) is 4.90 Å². The van der Waals surface area contributed by atoms with Crippen LogP contribution < -0.4 is 4.90 Å². The van der Waals surface area contributed by atoms with Crippen molar-refractivity contribution in [1.29, 1.82) is 0 Å². The van der Waals surface area contributed by atoms with E-state index in [4.69, 9.17) is 0 Å². The van der Waals surface area contributed by atoms with E-state index in [9.17, 15) is 0 Å². The van der Waals surface area contributed by atoms with Gasteiger partial charge in [0.15, 0.2) is 0 Å². The Kier molecular flexibility index (Phi) is 8.83. The monoisotopic (exact) mass is 561 g/mol. The molecule has 0 fully saturated rings. The van der Waals surface area contributed by atoms with Crippen molar-refractivity contribution in [3.8, 4) is 0 Å². The Bertz CT molecular complexity index is 1550. The third kappa shape index (κ3) is 7.81. The Morgan fingerprint density at radius 2 is 0.628 bits per heavy atom. The van der Waals surface area contributed by atoms with Gasteiger partial charge in [0, 0.05) is 17.1 Å². The molecule has 1 heteroatoms. The zero-order chi connectivity index (χ0) is 30.5. The lowest BCUT2D eigenvalue weighted by molar-refractivity contribution is 0.590. The quantitative estimate of drug-likeness (QED) is 0.179. The summed E-state index contributed by atoms with van der Waals surface area (Å²) in [6.07, 6.45) is 8.73. The van der Waals surface area contributed by atoms with Crippen LogP contribution in [0.25, 0.3) is 24.3 Å². The first kappa shape index (κ1) is 29.9. The first-order valence-electron chi connectivity index (χ1n) is 15.2. The number of nitrogens with zero attached hydrogens (tertiary/aromatic N) is 1. The van der Waals surface area contributed by atoms with Gasteiger partial charge in [-0.2, -0.15) is 0 Å². The molecule has 0 amide bonds. The highest BCUT2D eigenvalue weighted by Gasteiger charge is 2.14. The van der Waals surface area contributed by atoms with E-state index in [1.165, 1.54) is 33.4 Å². The van der Waals surface area contributed by atoms with Crippen LogP contribution in [0, 0.1) is 0 Å². The zero-order valence-electron chi connectivity index (χ0n) is 26.4. The van der Waals surface area contributed by atoms with Crippen molar-refractivity contribution in [1.82, 2.24) is 0 Å². The van der Waals surface area contributed by atoms with E-state index < -0.39 is 0 Å². The molecule has 0 heterocycles. The van der Waals surface area contributed by atoms with Gasteiger partial charge < -0.3 is 4.90 Å². The van der Waals surface area contributed by atoms with Gasteiger partial charge >= 0.3 is 0 Å². The van der Waals surface area contributed by atoms with Gasteiger partial charge in [0.25, 0.3) is 0 Å². The highest BCUT2D eigenvalue weighted by atomic mass is 15.1. The fourth-order valence-corrected chi connectivity index (χ4v) is 5.07. The SMILES string of the molecule is CC(C)(C)c1ccc(C=Cc2ccc(N(c3ccccc3)c3ccc(/C=C/c4ccc(C(C)(C)C)cc4)cc3)cc2)cc1. The maximum absolute atomic E-state index is 2.30. The molecule has 0 saturated carbocycles. The molecule has 5 aromatic carbocycles. The van der Waals surface area contributed by atoms with E-state index >= 15 is 0 Å². The molecule has 1 nitrogen and oxygen atoms in total. The third-order valence-electron chi connectivity index (χ3n) is 7.81. The fourth-order valence-electron chi connectivity index (χ4n) is 5.07. The second kappa shape index (κ2) is 12.7. The maximum atomic E-state index is 2.30. The topological polar surface area (TPSA) is 3.24 Å². The molecule has 0 aliphatic heterocycles. The predicted molar refractivity (Wildman–Crippen MR) is 189 cm³/mol. The third-order valence-corrected chi connectivity index (χ3v) is 7.81. The van der Waals surface area contributed by atoms with Crippen LogP contribution in [0.4, 0.5) is 17.1 Å². The fraction of sp³-hybridized carbons (Fsp3) is 0.190. The normalized spacial score (nSPS) is 12.2. The van der Waals surface area contributed by atoms with Crippen LogP contribution in [0.1, 0.15) is 74.9 Å². The minimum atomic E-state index is 0.165. The Morgan fingerprint density at radius 3 is 0.930 bits per heavy atom. The van der Waals surface area contributed by atoms with E-state index in [1.807, 2.05) is 0 Å². The number of hydrogen-bond donors (Lipinski definition) is 0. The number of para-hydroxylation sites is 1. The maximum Gasteiger partial charge on any atom is 0.0462 e. The summed E-state index contributed by atoms with van der Waals surface area (Å²) in [7, 11) is 0. The van der Waals surface area contributed by atoms with Gasteiger partial charge in [-0.3, -0.25) is 0 Å². The Balaban J connectivity index is 1.34. The molecule has 0 N–H and O–H groups in total. The van der Waals surface area contributed by atoms with Gasteiger partial charge in [0.1, 0.15) is 0 Å². The van der Waals surface area contributed by atoms with Gasteiger partial charge in [-0.1, -0.05) is 157 Å². The highest BCUT2D eigenvalue weighted by Crippen LogP contribution is 2.35. The summed E-state index contributed by atoms with van der Waals surface area (Å²) < 4.78 is 0. The molecule has 5 aromatic rings. The van der Waals surface area contributed by atoms with E-state index in [0.717, 1.165) is 17.1 Å². The number of benzene rings is 5. The van der Waals surface area contributed by atoms with Crippen LogP contribution in [-0.4, -0.2) is 0 Å². The molecule has 216 valence electrons. The summed E-state index contributed by atoms with van der Waals surface area (Å²) in [6, 6.07) is 45.8. The van der Waals surface area contributed by atoms with E-state index in [2.05, 4.69) is 198 Å². The number of anilines is 3. The van der Waals surface area contributed by atoms with Crippen molar-refractivity contribution in [3.05, 3.63) is 161 Å². The van der Waals surface area contributed by atoms with E-state index in [0.29, 0.717) is 0 Å². The highest BCUT2D eigenvalue weighted by molar-refractivity contribution is 5.79. The molecule has 0 spiro atoms. The van der Waals surface area contributed by atoms with Gasteiger partial charge in [0.05, 0.1) is 0 Å². The lowest BCUT2D eigenvalue weighted by Crippen LogP contribution is -2.10. The van der Waals surface area contributed by atoms with Crippen LogP contribution in [0.2, 0.25) is 0 Å². The summed E-state index contributed by atoms with van der Waals surface area (Å²) in [5.41, 5.74) is 11.2. The van der Waals surface area contributed by atoms with Crippen LogP contribution in [-0.2, 0) is 10.8 Å². The Labute approximate surface area is 258 Å². The van der Waals surface area contributed by atoms with Crippen molar-refractivity contribution >= 4 is 41.4 Å². The molecule has 0 atom stereocenters. The molecular formula is C42H43N. The lowest BCUT2D eigenvalue weighted by atomic mass is 9.87. The van der Waals surface area contributed by atoms with Crippen LogP contribution in [0.5, 0.6) is 0 Å². The second-order valence-electron chi connectivity index (χ2n) is 13.3. The number of hydrogen-bond acceptors (Lipinski definition) is 1. The van der Waals surface area contributed by atoms with Crippen LogP contribution in [0.15, 0.2) is 127 Å². The van der Waals surface area contributed by atoms with Crippen molar-refractivity contribution in [3.63, 3.8) is 0 Å². The van der Waals surface area contributed by atoms with Crippen molar-refractivity contribution in [2.45, 2.75) is 52.4 Å². The molecule has 0 aromatic heterocycles. The largest absolute Gasteiger partial charge is 0.311 e. The molecule has 0 aliphatic rings. The van der Waals surface area contributed by atoms with Gasteiger partial charge in [-0.25, -0.2) is 0 Å². The molecule has 5 rings (SSSR count). The lowest BCUT2D eigenvalue weighted by Gasteiger charge is -2.25. The Morgan fingerprint density at radius 1 is 0.349 bits per heavy atom. The smallest absolute Gasteiger partial charge is 0.0462 e. The first-order valence-corrected chi connectivity index (χ1v) is 15.2. The average molecular weight is 562 g/mol. The Hall–Kier alpha value is -4.62. The van der Waals surface area contributed by atoms with Crippen LogP contribution >= 0.6 is 0 Å². The first-order chi connectivity index (χ1) is 20.6. The van der Waals surface area contributed by atoms with Gasteiger partial charge in [-0.05, 0) is 80.6 Å². The van der Waals surface area contributed by atoms with Crippen molar-refractivity contribution in [2.24, 2.45) is 0 Å². The molecule has 0 saturated heterocycles. The molecular weight excluding hydrogens is 518 g/mol. The minimum Gasteiger partial charge on any atom is -0.311 e. The van der Waals surface area contributed by atoms with Gasteiger partial charge in [-0.15, -0.1) is 0 Å². The molecule has 0 unspecified atom stereocenters. The summed E-state index contributed by atoms with van der Waals surface area (Å²) in [5.74, 6) is 0. The number of rotatable bonds is 7. The molecule has 0 aliphatic carbocycles. The van der Waals surface area contributed by atoms with Crippen LogP contribution in [0.3, 0.4) is 0 Å². The van der Waals surface area contributed by atoms with Gasteiger partial charge in [0.2, 0.25) is 0 Å². The summed E-state index contributed by atoms with van der Waals surface area (Å²) >= 11 is 0. The predicted octanol–water partition coefficient (Wildman–Crippen LogP) is 12.1.